The van der Waals surface area contributed by atoms with Crippen LogP contribution in [-0.4, -0.2) is 76.4 Å². The molecule has 1 aliphatic rings. The van der Waals surface area contributed by atoms with Gasteiger partial charge in [0.05, 0.1) is 33.5 Å². The van der Waals surface area contributed by atoms with E-state index in [4.69, 9.17) is 30.5 Å². The molecule has 8 nitrogen and oxygen atoms in total. The number of hydrogen-bond acceptors (Lipinski definition) is 7. The quantitative estimate of drug-likeness (QED) is 0.162. The molecule has 0 unspecified atom stereocenters. The SMILES string of the molecule is COc1cc(NC(=O)c2ccccc2OCCCN2CCN(Cc3ccccc3-c3ccc(Cl)cc3)CC2)cc(OC)c1OC. The summed E-state index contributed by atoms with van der Waals surface area (Å²) in [5.74, 6) is 1.64. The van der Waals surface area contributed by atoms with E-state index in [1.165, 1.54) is 38.0 Å². The number of methoxy groups -OCH3 is 3. The topological polar surface area (TPSA) is 72.5 Å². The molecule has 1 amide bonds. The maximum Gasteiger partial charge on any atom is 0.259 e. The molecule has 1 aliphatic heterocycles. The van der Waals surface area contributed by atoms with Crippen molar-refractivity contribution >= 4 is 23.2 Å². The lowest BCUT2D eigenvalue weighted by Gasteiger charge is -2.35. The Hall–Kier alpha value is -4.24. The largest absolute Gasteiger partial charge is 0.493 e. The summed E-state index contributed by atoms with van der Waals surface area (Å²) in [6.07, 6.45) is 0.863. The molecule has 0 radical (unpaired) electrons. The number of para-hydroxylation sites is 1. The van der Waals surface area contributed by atoms with Gasteiger partial charge in [-0.25, -0.2) is 0 Å². The zero-order valence-corrected chi connectivity index (χ0v) is 26.8. The van der Waals surface area contributed by atoms with Gasteiger partial charge >= 0.3 is 0 Å². The minimum atomic E-state index is -0.284. The number of amides is 1. The van der Waals surface area contributed by atoms with Gasteiger partial charge in [-0.3, -0.25) is 9.69 Å². The van der Waals surface area contributed by atoms with Crippen molar-refractivity contribution in [2.24, 2.45) is 0 Å². The number of carbonyl (C=O) groups is 1. The molecule has 0 aromatic heterocycles. The number of benzene rings is 4. The number of hydrogen-bond donors (Lipinski definition) is 1. The molecule has 0 bridgehead atoms. The summed E-state index contributed by atoms with van der Waals surface area (Å²) < 4.78 is 22.3. The Bertz CT molecular complexity index is 1550. The van der Waals surface area contributed by atoms with Crippen LogP contribution in [0.5, 0.6) is 23.0 Å². The lowest BCUT2D eigenvalue weighted by molar-refractivity contribution is 0.102. The summed E-state index contributed by atoms with van der Waals surface area (Å²) in [7, 11) is 4.61. The van der Waals surface area contributed by atoms with Gasteiger partial charge < -0.3 is 29.2 Å². The highest BCUT2D eigenvalue weighted by molar-refractivity contribution is 6.30. The van der Waals surface area contributed by atoms with Crippen molar-refractivity contribution in [3.05, 3.63) is 101 Å². The smallest absolute Gasteiger partial charge is 0.259 e. The second kappa shape index (κ2) is 15.7. The van der Waals surface area contributed by atoms with E-state index >= 15 is 0 Å². The highest BCUT2D eigenvalue weighted by Gasteiger charge is 2.19. The van der Waals surface area contributed by atoms with E-state index in [1.54, 1.807) is 18.2 Å². The summed E-state index contributed by atoms with van der Waals surface area (Å²) in [6.45, 7) is 6.43. The first kappa shape index (κ1) is 32.2. The lowest BCUT2D eigenvalue weighted by Crippen LogP contribution is -2.46. The number of anilines is 1. The molecular formula is C36H40ClN3O5. The fourth-order valence-electron chi connectivity index (χ4n) is 5.58. The van der Waals surface area contributed by atoms with E-state index in [1.807, 2.05) is 30.3 Å². The second-order valence-corrected chi connectivity index (χ2v) is 11.3. The van der Waals surface area contributed by atoms with E-state index in [0.717, 1.165) is 50.7 Å². The van der Waals surface area contributed by atoms with Crippen molar-refractivity contribution in [2.45, 2.75) is 13.0 Å². The molecule has 0 saturated carbocycles. The van der Waals surface area contributed by atoms with Gasteiger partial charge in [0.2, 0.25) is 5.75 Å². The van der Waals surface area contributed by atoms with Crippen LogP contribution >= 0.6 is 11.6 Å². The highest BCUT2D eigenvalue weighted by atomic mass is 35.5. The zero-order chi connectivity index (χ0) is 31.6. The number of halogens is 1. The summed E-state index contributed by atoms with van der Waals surface area (Å²) in [5, 5.41) is 3.68. The molecule has 1 N–H and O–H groups in total. The van der Waals surface area contributed by atoms with Gasteiger partial charge in [-0.15, -0.1) is 0 Å². The average molecular weight is 630 g/mol. The van der Waals surface area contributed by atoms with Crippen molar-refractivity contribution in [1.82, 2.24) is 9.80 Å². The summed E-state index contributed by atoms with van der Waals surface area (Å²) in [6, 6.07) is 27.3. The van der Waals surface area contributed by atoms with Crippen LogP contribution in [0.15, 0.2) is 84.9 Å². The van der Waals surface area contributed by atoms with Crippen LogP contribution in [0.3, 0.4) is 0 Å². The number of carbonyl (C=O) groups excluding carboxylic acids is 1. The standard InChI is InChI=1S/C36H40ClN3O5/c1-42-33-23-29(24-34(43-2)35(33)44-3)38-36(41)31-11-6-7-12-32(31)45-22-8-17-39-18-20-40(21-19-39)25-27-9-4-5-10-30(27)26-13-15-28(37)16-14-26/h4-7,9-16,23-24H,8,17-22,25H2,1-3H3,(H,38,41). The van der Waals surface area contributed by atoms with E-state index in [9.17, 15) is 4.79 Å². The van der Waals surface area contributed by atoms with E-state index in [-0.39, 0.29) is 5.91 Å². The van der Waals surface area contributed by atoms with Crippen LogP contribution in [0.4, 0.5) is 5.69 Å². The van der Waals surface area contributed by atoms with Crippen molar-refractivity contribution in [3.8, 4) is 34.1 Å². The number of rotatable bonds is 13. The van der Waals surface area contributed by atoms with Gasteiger partial charge in [-0.05, 0) is 47.4 Å². The van der Waals surface area contributed by atoms with Crippen molar-refractivity contribution < 1.29 is 23.7 Å². The molecule has 4 aromatic rings. The minimum Gasteiger partial charge on any atom is -0.493 e. The third-order valence-electron chi connectivity index (χ3n) is 7.96. The molecule has 5 rings (SSSR count). The Morgan fingerprint density at radius 2 is 1.42 bits per heavy atom. The first-order chi connectivity index (χ1) is 22.0. The number of ether oxygens (including phenoxy) is 4. The number of nitrogens with one attached hydrogen (secondary N) is 1. The Morgan fingerprint density at radius 3 is 2.11 bits per heavy atom. The molecule has 45 heavy (non-hydrogen) atoms. The van der Waals surface area contributed by atoms with E-state index in [2.05, 4.69) is 51.5 Å². The van der Waals surface area contributed by atoms with Crippen LogP contribution in [0.2, 0.25) is 5.02 Å². The van der Waals surface area contributed by atoms with Crippen LogP contribution < -0.4 is 24.3 Å². The Balaban J connectivity index is 1.10. The second-order valence-electron chi connectivity index (χ2n) is 10.8. The van der Waals surface area contributed by atoms with Gasteiger partial charge in [0.15, 0.2) is 11.5 Å². The first-order valence-electron chi connectivity index (χ1n) is 15.1. The van der Waals surface area contributed by atoms with Crippen LogP contribution in [0, 0.1) is 0 Å². The summed E-state index contributed by atoms with van der Waals surface area (Å²) in [5.41, 5.74) is 4.75. The Morgan fingerprint density at radius 1 is 0.778 bits per heavy atom. The van der Waals surface area contributed by atoms with Crippen LogP contribution in [0.1, 0.15) is 22.3 Å². The molecule has 9 heteroatoms. The normalized spacial score (nSPS) is 13.7. The zero-order valence-electron chi connectivity index (χ0n) is 26.1. The first-order valence-corrected chi connectivity index (χ1v) is 15.5. The summed E-state index contributed by atoms with van der Waals surface area (Å²) in [4.78, 5) is 18.2. The Kier molecular flexibility index (Phi) is 11.2. The molecule has 0 spiro atoms. The fraction of sp³-hybridized carbons (Fsp3) is 0.306. The Labute approximate surface area is 270 Å². The monoisotopic (exact) mass is 629 g/mol. The molecular weight excluding hydrogens is 590 g/mol. The predicted molar refractivity (Wildman–Crippen MR) is 179 cm³/mol. The maximum absolute atomic E-state index is 13.2. The van der Waals surface area contributed by atoms with Gasteiger partial charge in [0, 0.05) is 62.1 Å². The fourth-order valence-corrected chi connectivity index (χ4v) is 5.71. The van der Waals surface area contributed by atoms with Crippen LogP contribution in [-0.2, 0) is 6.54 Å². The van der Waals surface area contributed by atoms with Gasteiger partial charge in [-0.2, -0.15) is 0 Å². The van der Waals surface area contributed by atoms with Gasteiger partial charge in [0.1, 0.15) is 5.75 Å². The lowest BCUT2D eigenvalue weighted by atomic mass is 9.99. The minimum absolute atomic E-state index is 0.284. The number of piperazine rings is 1. The molecule has 1 fully saturated rings. The molecule has 1 heterocycles. The van der Waals surface area contributed by atoms with E-state index in [0.29, 0.717) is 40.9 Å². The molecule has 1 saturated heterocycles. The van der Waals surface area contributed by atoms with Crippen molar-refractivity contribution in [3.63, 3.8) is 0 Å². The van der Waals surface area contributed by atoms with Crippen molar-refractivity contribution in [2.75, 3.05) is 66.0 Å². The maximum atomic E-state index is 13.2. The highest BCUT2D eigenvalue weighted by Crippen LogP contribution is 2.40. The average Bonchev–Trinajstić information content (AvgIpc) is 3.07. The third kappa shape index (κ3) is 8.28. The molecule has 4 aromatic carbocycles. The van der Waals surface area contributed by atoms with Gasteiger partial charge in [0.25, 0.3) is 5.91 Å². The summed E-state index contributed by atoms with van der Waals surface area (Å²) >= 11 is 6.11. The van der Waals surface area contributed by atoms with Crippen molar-refractivity contribution in [1.29, 1.82) is 0 Å². The third-order valence-corrected chi connectivity index (χ3v) is 8.21. The van der Waals surface area contributed by atoms with Gasteiger partial charge in [-0.1, -0.05) is 60.1 Å². The molecule has 236 valence electrons. The molecule has 0 aliphatic carbocycles. The number of nitrogens with zero attached hydrogens (tertiary/aromatic N) is 2. The predicted octanol–water partition coefficient (Wildman–Crippen LogP) is 6.87. The van der Waals surface area contributed by atoms with E-state index < -0.39 is 0 Å². The van der Waals surface area contributed by atoms with Crippen LogP contribution in [0.25, 0.3) is 11.1 Å². The molecule has 0 atom stereocenters.